The summed E-state index contributed by atoms with van der Waals surface area (Å²) in [6, 6.07) is 13.7. The number of carbonyl (C=O) groups is 1. The molecule has 1 amide bonds. The summed E-state index contributed by atoms with van der Waals surface area (Å²) in [5, 5.41) is 0. The molecule has 2 rings (SSSR count). The monoisotopic (exact) mass is 321 g/mol. The van der Waals surface area contributed by atoms with Gasteiger partial charge in [0.2, 0.25) is 0 Å². The van der Waals surface area contributed by atoms with Gasteiger partial charge >= 0.3 is 0 Å². The predicted molar refractivity (Wildman–Crippen MR) is 76.3 cm³/mol. The molecule has 0 aromatic heterocycles. The minimum absolute atomic E-state index is 0.0992. The van der Waals surface area contributed by atoms with E-state index in [1.807, 2.05) is 24.3 Å². The van der Waals surface area contributed by atoms with Crippen LogP contribution in [0.15, 0.2) is 53.0 Å². The average molecular weight is 322 g/mol. The summed E-state index contributed by atoms with van der Waals surface area (Å²) < 4.78 is 14.5. The van der Waals surface area contributed by atoms with E-state index in [2.05, 4.69) is 15.9 Å². The van der Waals surface area contributed by atoms with Gasteiger partial charge in [-0.2, -0.15) is 0 Å². The molecule has 98 valence electrons. The van der Waals surface area contributed by atoms with E-state index in [1.54, 1.807) is 19.2 Å². The second-order valence-corrected chi connectivity index (χ2v) is 5.18. The highest BCUT2D eigenvalue weighted by Crippen LogP contribution is 2.14. The highest BCUT2D eigenvalue weighted by atomic mass is 79.9. The molecule has 0 atom stereocenters. The fraction of sp³-hybridized carbons (Fsp3) is 0.133. The van der Waals surface area contributed by atoms with Crippen molar-refractivity contribution >= 4 is 21.8 Å². The fourth-order valence-corrected chi connectivity index (χ4v) is 2.04. The first-order chi connectivity index (χ1) is 9.08. The maximum atomic E-state index is 13.5. The molecule has 0 saturated carbocycles. The standard InChI is InChI=1S/C15H13BrFNO/c1-18(10-11-6-8-12(16)9-7-11)15(19)13-4-2-3-5-14(13)17/h2-9H,10H2,1H3. The number of hydrogen-bond donors (Lipinski definition) is 0. The van der Waals surface area contributed by atoms with Crippen molar-refractivity contribution in [2.75, 3.05) is 7.05 Å². The van der Waals surface area contributed by atoms with E-state index in [9.17, 15) is 9.18 Å². The van der Waals surface area contributed by atoms with Crippen LogP contribution in [-0.2, 0) is 6.54 Å². The van der Waals surface area contributed by atoms with Gasteiger partial charge in [0, 0.05) is 18.1 Å². The highest BCUT2D eigenvalue weighted by Gasteiger charge is 2.15. The largest absolute Gasteiger partial charge is 0.337 e. The molecule has 2 aromatic rings. The van der Waals surface area contributed by atoms with Crippen LogP contribution in [0.1, 0.15) is 15.9 Å². The molecule has 0 aliphatic heterocycles. The molecule has 0 saturated heterocycles. The second kappa shape index (κ2) is 5.97. The van der Waals surface area contributed by atoms with Crippen LogP contribution in [0.5, 0.6) is 0 Å². The quantitative estimate of drug-likeness (QED) is 0.840. The number of carbonyl (C=O) groups excluding carboxylic acids is 1. The number of hydrogen-bond acceptors (Lipinski definition) is 1. The van der Waals surface area contributed by atoms with Crippen molar-refractivity contribution in [3.8, 4) is 0 Å². The van der Waals surface area contributed by atoms with Gasteiger partial charge in [0.1, 0.15) is 5.82 Å². The molecular weight excluding hydrogens is 309 g/mol. The Labute approximate surface area is 120 Å². The van der Waals surface area contributed by atoms with E-state index in [0.717, 1.165) is 10.0 Å². The Morgan fingerprint density at radius 3 is 2.42 bits per heavy atom. The number of benzene rings is 2. The third-order valence-corrected chi connectivity index (χ3v) is 3.31. The lowest BCUT2D eigenvalue weighted by atomic mass is 10.1. The van der Waals surface area contributed by atoms with Crippen LogP contribution in [0, 0.1) is 5.82 Å². The Morgan fingerprint density at radius 1 is 1.16 bits per heavy atom. The molecule has 0 unspecified atom stereocenters. The lowest BCUT2D eigenvalue weighted by Crippen LogP contribution is -2.26. The molecule has 0 N–H and O–H groups in total. The zero-order valence-corrected chi connectivity index (χ0v) is 12.0. The smallest absolute Gasteiger partial charge is 0.256 e. The SMILES string of the molecule is CN(Cc1ccc(Br)cc1)C(=O)c1ccccc1F. The molecule has 19 heavy (non-hydrogen) atoms. The molecule has 0 fully saturated rings. The Morgan fingerprint density at radius 2 is 1.79 bits per heavy atom. The maximum Gasteiger partial charge on any atom is 0.256 e. The fourth-order valence-electron chi connectivity index (χ4n) is 1.78. The first-order valence-corrected chi connectivity index (χ1v) is 6.61. The molecule has 2 aromatic carbocycles. The molecule has 0 bridgehead atoms. The third kappa shape index (κ3) is 3.41. The van der Waals surface area contributed by atoms with E-state index in [4.69, 9.17) is 0 Å². The summed E-state index contributed by atoms with van der Waals surface area (Å²) in [6.07, 6.45) is 0. The van der Waals surface area contributed by atoms with Gasteiger partial charge in [0.05, 0.1) is 5.56 Å². The van der Waals surface area contributed by atoms with Gasteiger partial charge in [-0.05, 0) is 29.8 Å². The van der Waals surface area contributed by atoms with Gasteiger partial charge in [-0.3, -0.25) is 4.79 Å². The molecule has 0 aliphatic rings. The van der Waals surface area contributed by atoms with Gasteiger partial charge in [0.15, 0.2) is 0 Å². The number of halogens is 2. The molecule has 2 nitrogen and oxygen atoms in total. The lowest BCUT2D eigenvalue weighted by molar-refractivity contribution is 0.0780. The van der Waals surface area contributed by atoms with Crippen LogP contribution in [-0.4, -0.2) is 17.9 Å². The zero-order chi connectivity index (χ0) is 13.8. The van der Waals surface area contributed by atoms with E-state index >= 15 is 0 Å². The summed E-state index contributed by atoms with van der Waals surface area (Å²) >= 11 is 3.36. The van der Waals surface area contributed by atoms with Crippen molar-refractivity contribution in [1.29, 1.82) is 0 Å². The van der Waals surface area contributed by atoms with Gasteiger partial charge < -0.3 is 4.90 Å². The van der Waals surface area contributed by atoms with E-state index in [1.165, 1.54) is 17.0 Å². The second-order valence-electron chi connectivity index (χ2n) is 4.27. The maximum absolute atomic E-state index is 13.5. The topological polar surface area (TPSA) is 20.3 Å². The van der Waals surface area contributed by atoms with Crippen LogP contribution in [0.4, 0.5) is 4.39 Å². The molecule has 4 heteroatoms. The first kappa shape index (κ1) is 13.7. The average Bonchev–Trinajstić information content (AvgIpc) is 2.41. The van der Waals surface area contributed by atoms with E-state index in [0.29, 0.717) is 6.54 Å². The van der Waals surface area contributed by atoms with Crippen molar-refractivity contribution in [3.05, 3.63) is 69.9 Å². The molecule has 0 heterocycles. The van der Waals surface area contributed by atoms with Crippen LogP contribution >= 0.6 is 15.9 Å². The van der Waals surface area contributed by atoms with Crippen molar-refractivity contribution < 1.29 is 9.18 Å². The van der Waals surface area contributed by atoms with Crippen molar-refractivity contribution in [3.63, 3.8) is 0 Å². The van der Waals surface area contributed by atoms with Gasteiger partial charge in [-0.1, -0.05) is 40.2 Å². The van der Waals surface area contributed by atoms with Crippen molar-refractivity contribution in [2.45, 2.75) is 6.54 Å². The van der Waals surface area contributed by atoms with Crippen molar-refractivity contribution in [2.24, 2.45) is 0 Å². The molecule has 0 spiro atoms. The van der Waals surface area contributed by atoms with Crippen LogP contribution in [0.2, 0.25) is 0 Å². The van der Waals surface area contributed by atoms with E-state index in [-0.39, 0.29) is 11.5 Å². The summed E-state index contributed by atoms with van der Waals surface area (Å²) in [5.74, 6) is -0.809. The Kier molecular flexibility index (Phi) is 4.32. The zero-order valence-electron chi connectivity index (χ0n) is 10.4. The Bertz CT molecular complexity index is 583. The summed E-state index contributed by atoms with van der Waals surface area (Å²) in [4.78, 5) is 13.6. The molecule has 0 radical (unpaired) electrons. The van der Waals surface area contributed by atoms with Crippen molar-refractivity contribution in [1.82, 2.24) is 4.90 Å². The van der Waals surface area contributed by atoms with Gasteiger partial charge in [-0.15, -0.1) is 0 Å². The van der Waals surface area contributed by atoms with Gasteiger partial charge in [0.25, 0.3) is 5.91 Å². The lowest BCUT2D eigenvalue weighted by Gasteiger charge is -2.17. The minimum atomic E-state index is -0.491. The highest BCUT2D eigenvalue weighted by molar-refractivity contribution is 9.10. The minimum Gasteiger partial charge on any atom is -0.337 e. The van der Waals surface area contributed by atoms with Crippen LogP contribution in [0.3, 0.4) is 0 Å². The van der Waals surface area contributed by atoms with Crippen LogP contribution < -0.4 is 0 Å². The molecular formula is C15H13BrFNO. The number of nitrogens with zero attached hydrogens (tertiary/aromatic N) is 1. The third-order valence-electron chi connectivity index (χ3n) is 2.78. The van der Waals surface area contributed by atoms with Crippen LogP contribution in [0.25, 0.3) is 0 Å². The summed E-state index contributed by atoms with van der Waals surface area (Å²) in [5.41, 5.74) is 1.09. The number of rotatable bonds is 3. The normalized spacial score (nSPS) is 10.3. The summed E-state index contributed by atoms with van der Waals surface area (Å²) in [6.45, 7) is 0.445. The molecule has 0 aliphatic carbocycles. The van der Waals surface area contributed by atoms with Gasteiger partial charge in [-0.25, -0.2) is 4.39 Å². The predicted octanol–water partition coefficient (Wildman–Crippen LogP) is 3.86. The Balaban J connectivity index is 2.12. The van der Waals surface area contributed by atoms with E-state index < -0.39 is 5.82 Å². The Hall–Kier alpha value is -1.68. The first-order valence-electron chi connectivity index (χ1n) is 5.82. The summed E-state index contributed by atoms with van der Waals surface area (Å²) in [7, 11) is 1.66. The number of amides is 1.